The molecule has 2 rings (SSSR count). The molecule has 0 unspecified atom stereocenters. The van der Waals surface area contributed by atoms with Crippen molar-refractivity contribution in [2.45, 2.75) is 6.54 Å². The molecule has 2 aromatic rings. The van der Waals surface area contributed by atoms with Gasteiger partial charge in [0.25, 0.3) is 0 Å². The topological polar surface area (TPSA) is 34.2 Å². The van der Waals surface area contributed by atoms with Crippen molar-refractivity contribution in [1.82, 2.24) is 10.3 Å². The lowest BCUT2D eigenvalue weighted by atomic mass is 10.1. The molecule has 0 aliphatic heterocycles. The van der Waals surface area contributed by atoms with Crippen LogP contribution in [0, 0.1) is 0 Å². The SMILES string of the molecule is CNCc1nccc2ccc(OC)cc12. The van der Waals surface area contributed by atoms with Gasteiger partial charge in [0.1, 0.15) is 5.75 Å². The molecule has 0 amide bonds. The number of fused-ring (bicyclic) bond motifs is 1. The minimum atomic E-state index is 0.768. The van der Waals surface area contributed by atoms with Gasteiger partial charge in [-0.25, -0.2) is 0 Å². The van der Waals surface area contributed by atoms with Crippen molar-refractivity contribution >= 4 is 10.8 Å². The highest BCUT2D eigenvalue weighted by Crippen LogP contribution is 2.22. The first kappa shape index (κ1) is 9.93. The Hall–Kier alpha value is -1.61. The van der Waals surface area contributed by atoms with Crippen LogP contribution in [-0.2, 0) is 6.54 Å². The Morgan fingerprint density at radius 3 is 2.93 bits per heavy atom. The monoisotopic (exact) mass is 202 g/mol. The summed E-state index contributed by atoms with van der Waals surface area (Å²) < 4.78 is 5.21. The van der Waals surface area contributed by atoms with Crippen LogP contribution < -0.4 is 10.1 Å². The maximum absolute atomic E-state index is 5.21. The first-order chi connectivity index (χ1) is 7.35. The zero-order chi connectivity index (χ0) is 10.7. The molecule has 15 heavy (non-hydrogen) atoms. The molecule has 1 aromatic carbocycles. The van der Waals surface area contributed by atoms with E-state index in [9.17, 15) is 0 Å². The lowest BCUT2D eigenvalue weighted by Gasteiger charge is -2.06. The van der Waals surface area contributed by atoms with Gasteiger partial charge in [0.15, 0.2) is 0 Å². The Morgan fingerprint density at radius 1 is 1.33 bits per heavy atom. The summed E-state index contributed by atoms with van der Waals surface area (Å²) in [5.74, 6) is 0.868. The van der Waals surface area contributed by atoms with Crippen LogP contribution in [0.4, 0.5) is 0 Å². The van der Waals surface area contributed by atoms with Gasteiger partial charge >= 0.3 is 0 Å². The Bertz CT molecular complexity index is 468. The highest BCUT2D eigenvalue weighted by atomic mass is 16.5. The first-order valence-electron chi connectivity index (χ1n) is 4.91. The lowest BCUT2D eigenvalue weighted by molar-refractivity contribution is 0.415. The van der Waals surface area contributed by atoms with E-state index in [0.717, 1.165) is 23.4 Å². The molecule has 0 radical (unpaired) electrons. The summed E-state index contributed by atoms with van der Waals surface area (Å²) in [6.07, 6.45) is 1.83. The Kier molecular flexibility index (Phi) is 2.83. The molecule has 1 N–H and O–H groups in total. The normalized spacial score (nSPS) is 10.5. The number of nitrogens with zero attached hydrogens (tertiary/aromatic N) is 1. The summed E-state index contributed by atoms with van der Waals surface area (Å²) in [4.78, 5) is 4.35. The number of benzene rings is 1. The standard InChI is InChI=1S/C12H14N2O/c1-13-8-12-11-7-10(15-2)4-3-9(11)5-6-14-12/h3-7,13H,8H2,1-2H3. The van der Waals surface area contributed by atoms with Crippen LogP contribution in [0.25, 0.3) is 10.8 Å². The van der Waals surface area contributed by atoms with Crippen molar-refractivity contribution in [2.75, 3.05) is 14.2 Å². The summed E-state index contributed by atoms with van der Waals surface area (Å²) in [6, 6.07) is 8.05. The number of hydrogen-bond acceptors (Lipinski definition) is 3. The Morgan fingerprint density at radius 2 is 2.20 bits per heavy atom. The molecule has 0 spiro atoms. The smallest absolute Gasteiger partial charge is 0.119 e. The highest BCUT2D eigenvalue weighted by Gasteiger charge is 2.02. The van der Waals surface area contributed by atoms with Crippen molar-refractivity contribution < 1.29 is 4.74 Å². The van der Waals surface area contributed by atoms with Crippen LogP contribution in [0.15, 0.2) is 30.5 Å². The molecule has 0 aliphatic carbocycles. The molecule has 0 atom stereocenters. The third-order valence-corrected chi connectivity index (χ3v) is 2.40. The van der Waals surface area contributed by atoms with E-state index in [2.05, 4.69) is 16.4 Å². The van der Waals surface area contributed by atoms with Crippen molar-refractivity contribution in [3.05, 3.63) is 36.2 Å². The number of ether oxygens (including phenoxy) is 1. The average molecular weight is 202 g/mol. The van der Waals surface area contributed by atoms with Gasteiger partial charge in [-0.1, -0.05) is 6.07 Å². The van der Waals surface area contributed by atoms with Crippen molar-refractivity contribution in [2.24, 2.45) is 0 Å². The van der Waals surface area contributed by atoms with Crippen LogP contribution in [0.1, 0.15) is 5.69 Å². The number of rotatable bonds is 3. The summed E-state index contributed by atoms with van der Waals surface area (Å²) in [5.41, 5.74) is 1.05. The molecule has 1 aromatic heterocycles. The van der Waals surface area contributed by atoms with Gasteiger partial charge in [-0.2, -0.15) is 0 Å². The molecule has 1 heterocycles. The van der Waals surface area contributed by atoms with Gasteiger partial charge in [-0.05, 0) is 30.6 Å². The van der Waals surface area contributed by atoms with Crippen LogP contribution >= 0.6 is 0 Å². The first-order valence-corrected chi connectivity index (χ1v) is 4.91. The van der Waals surface area contributed by atoms with E-state index >= 15 is 0 Å². The van der Waals surface area contributed by atoms with E-state index in [0.29, 0.717) is 0 Å². The maximum atomic E-state index is 5.21. The maximum Gasteiger partial charge on any atom is 0.119 e. The summed E-state index contributed by atoms with van der Waals surface area (Å²) in [6.45, 7) is 0.768. The second-order valence-electron chi connectivity index (χ2n) is 3.38. The van der Waals surface area contributed by atoms with Crippen molar-refractivity contribution in [1.29, 1.82) is 0 Å². The van der Waals surface area contributed by atoms with Gasteiger partial charge in [0.05, 0.1) is 12.8 Å². The van der Waals surface area contributed by atoms with E-state index in [1.807, 2.05) is 31.4 Å². The van der Waals surface area contributed by atoms with Gasteiger partial charge in [0.2, 0.25) is 0 Å². The van der Waals surface area contributed by atoms with E-state index in [4.69, 9.17) is 4.74 Å². The number of hydrogen-bond donors (Lipinski definition) is 1. The average Bonchev–Trinajstić information content (AvgIpc) is 2.29. The predicted molar refractivity (Wildman–Crippen MR) is 61.1 cm³/mol. The van der Waals surface area contributed by atoms with Crippen LogP contribution in [-0.4, -0.2) is 19.1 Å². The third-order valence-electron chi connectivity index (χ3n) is 2.40. The molecule has 0 bridgehead atoms. The van der Waals surface area contributed by atoms with Crippen LogP contribution in [0.3, 0.4) is 0 Å². The van der Waals surface area contributed by atoms with Crippen molar-refractivity contribution in [3.63, 3.8) is 0 Å². The second kappa shape index (κ2) is 4.28. The molecular formula is C12H14N2O. The lowest BCUT2D eigenvalue weighted by Crippen LogP contribution is -2.07. The number of aromatic nitrogens is 1. The van der Waals surface area contributed by atoms with Crippen LogP contribution in [0.2, 0.25) is 0 Å². The van der Waals surface area contributed by atoms with E-state index in [1.54, 1.807) is 7.11 Å². The molecule has 0 saturated carbocycles. The Balaban J connectivity index is 2.59. The molecule has 0 aliphatic rings. The van der Waals surface area contributed by atoms with E-state index in [-0.39, 0.29) is 0 Å². The Labute approximate surface area is 89.1 Å². The van der Waals surface area contributed by atoms with Gasteiger partial charge in [-0.15, -0.1) is 0 Å². The molecule has 0 fully saturated rings. The van der Waals surface area contributed by atoms with Gasteiger partial charge in [-0.3, -0.25) is 4.98 Å². The quantitative estimate of drug-likeness (QED) is 0.826. The van der Waals surface area contributed by atoms with Gasteiger partial charge in [0, 0.05) is 18.1 Å². The van der Waals surface area contributed by atoms with Gasteiger partial charge < -0.3 is 10.1 Å². The zero-order valence-electron chi connectivity index (χ0n) is 8.95. The summed E-state index contributed by atoms with van der Waals surface area (Å²) in [7, 11) is 3.59. The minimum Gasteiger partial charge on any atom is -0.497 e. The summed E-state index contributed by atoms with van der Waals surface area (Å²) >= 11 is 0. The number of nitrogens with one attached hydrogen (secondary N) is 1. The van der Waals surface area contributed by atoms with E-state index < -0.39 is 0 Å². The zero-order valence-corrected chi connectivity index (χ0v) is 8.95. The fourth-order valence-corrected chi connectivity index (χ4v) is 1.64. The largest absolute Gasteiger partial charge is 0.497 e. The molecular weight excluding hydrogens is 188 g/mol. The highest BCUT2D eigenvalue weighted by molar-refractivity contribution is 5.85. The fourth-order valence-electron chi connectivity index (χ4n) is 1.64. The van der Waals surface area contributed by atoms with E-state index in [1.165, 1.54) is 5.39 Å². The summed E-state index contributed by atoms with van der Waals surface area (Å²) in [5, 5.41) is 5.45. The molecule has 3 nitrogen and oxygen atoms in total. The predicted octanol–water partition coefficient (Wildman–Crippen LogP) is 1.96. The third kappa shape index (κ3) is 1.92. The number of pyridine rings is 1. The second-order valence-corrected chi connectivity index (χ2v) is 3.38. The fraction of sp³-hybridized carbons (Fsp3) is 0.250. The number of methoxy groups -OCH3 is 1. The van der Waals surface area contributed by atoms with Crippen LogP contribution in [0.5, 0.6) is 5.75 Å². The van der Waals surface area contributed by atoms with Crippen molar-refractivity contribution in [3.8, 4) is 5.75 Å². The minimum absolute atomic E-state index is 0.768. The molecule has 78 valence electrons. The molecule has 3 heteroatoms. The molecule has 0 saturated heterocycles.